The molecule has 0 saturated heterocycles. The van der Waals surface area contributed by atoms with Crippen molar-refractivity contribution in [1.29, 1.82) is 0 Å². The standard InChI is InChI=1S/C16H17BrClNO2/c1-10(11-6-4-5-7-12(11)17)19-14-9-16(21-3)15(20-2)8-13(14)18/h4-10,19H,1-3H3. The molecule has 2 aromatic carbocycles. The van der Waals surface area contributed by atoms with Crippen molar-refractivity contribution in [2.24, 2.45) is 0 Å². The number of hydrogen-bond donors (Lipinski definition) is 1. The van der Waals surface area contributed by atoms with Crippen LogP contribution in [0.2, 0.25) is 5.02 Å². The number of nitrogens with one attached hydrogen (secondary N) is 1. The van der Waals surface area contributed by atoms with Gasteiger partial charge in [0.25, 0.3) is 0 Å². The molecule has 112 valence electrons. The van der Waals surface area contributed by atoms with Crippen LogP contribution in [0.5, 0.6) is 11.5 Å². The van der Waals surface area contributed by atoms with E-state index >= 15 is 0 Å². The number of halogens is 2. The van der Waals surface area contributed by atoms with Crippen LogP contribution in [0.25, 0.3) is 0 Å². The third-order valence-electron chi connectivity index (χ3n) is 3.22. The third kappa shape index (κ3) is 3.63. The quantitative estimate of drug-likeness (QED) is 0.775. The second-order valence-corrected chi connectivity index (χ2v) is 5.84. The van der Waals surface area contributed by atoms with Crippen molar-refractivity contribution in [1.82, 2.24) is 0 Å². The van der Waals surface area contributed by atoms with Gasteiger partial charge in [0.2, 0.25) is 0 Å². The molecule has 0 saturated carbocycles. The van der Waals surface area contributed by atoms with E-state index in [2.05, 4.69) is 34.2 Å². The van der Waals surface area contributed by atoms with Crippen LogP contribution in [-0.4, -0.2) is 14.2 Å². The molecule has 3 nitrogen and oxygen atoms in total. The fourth-order valence-corrected chi connectivity index (χ4v) is 2.94. The first kappa shape index (κ1) is 16.0. The zero-order valence-corrected chi connectivity index (χ0v) is 14.5. The van der Waals surface area contributed by atoms with Crippen LogP contribution >= 0.6 is 27.5 Å². The van der Waals surface area contributed by atoms with Gasteiger partial charge in [0.15, 0.2) is 11.5 Å². The molecule has 0 heterocycles. The van der Waals surface area contributed by atoms with Gasteiger partial charge >= 0.3 is 0 Å². The minimum Gasteiger partial charge on any atom is -0.493 e. The summed E-state index contributed by atoms with van der Waals surface area (Å²) in [6.07, 6.45) is 0. The lowest BCUT2D eigenvalue weighted by atomic mass is 10.1. The van der Waals surface area contributed by atoms with Gasteiger partial charge < -0.3 is 14.8 Å². The van der Waals surface area contributed by atoms with Crippen LogP contribution in [0.3, 0.4) is 0 Å². The summed E-state index contributed by atoms with van der Waals surface area (Å²) >= 11 is 9.86. The normalized spacial score (nSPS) is 11.9. The molecule has 1 unspecified atom stereocenters. The predicted octanol–water partition coefficient (Wildman–Crippen LogP) is 5.29. The number of benzene rings is 2. The molecular formula is C16H17BrClNO2. The lowest BCUT2D eigenvalue weighted by Gasteiger charge is -2.19. The number of anilines is 1. The average molecular weight is 371 g/mol. The van der Waals surface area contributed by atoms with Gasteiger partial charge in [-0.3, -0.25) is 0 Å². The summed E-state index contributed by atoms with van der Waals surface area (Å²) in [5.74, 6) is 1.25. The number of methoxy groups -OCH3 is 2. The van der Waals surface area contributed by atoms with E-state index < -0.39 is 0 Å². The zero-order valence-electron chi connectivity index (χ0n) is 12.1. The number of hydrogen-bond acceptors (Lipinski definition) is 3. The van der Waals surface area contributed by atoms with E-state index in [4.69, 9.17) is 21.1 Å². The third-order valence-corrected chi connectivity index (χ3v) is 4.25. The van der Waals surface area contributed by atoms with Crippen molar-refractivity contribution < 1.29 is 9.47 Å². The molecule has 0 aliphatic carbocycles. The summed E-state index contributed by atoms with van der Waals surface area (Å²) in [5.41, 5.74) is 1.96. The Bertz CT molecular complexity index is 634. The lowest BCUT2D eigenvalue weighted by molar-refractivity contribution is 0.355. The first-order valence-electron chi connectivity index (χ1n) is 6.49. The Morgan fingerprint density at radius 1 is 1.10 bits per heavy atom. The monoisotopic (exact) mass is 369 g/mol. The maximum atomic E-state index is 6.30. The van der Waals surface area contributed by atoms with Gasteiger partial charge in [-0.15, -0.1) is 0 Å². The van der Waals surface area contributed by atoms with E-state index in [0.717, 1.165) is 15.7 Å². The van der Waals surface area contributed by atoms with Crippen molar-refractivity contribution in [2.75, 3.05) is 19.5 Å². The SMILES string of the molecule is COc1cc(Cl)c(NC(C)c2ccccc2Br)cc1OC. The predicted molar refractivity (Wildman–Crippen MR) is 90.7 cm³/mol. The molecule has 2 rings (SSSR count). The van der Waals surface area contributed by atoms with Gasteiger partial charge in [0.05, 0.1) is 24.9 Å². The molecule has 0 amide bonds. The summed E-state index contributed by atoms with van der Waals surface area (Å²) in [7, 11) is 3.19. The fourth-order valence-electron chi connectivity index (χ4n) is 2.10. The van der Waals surface area contributed by atoms with Crippen molar-refractivity contribution in [2.45, 2.75) is 13.0 Å². The van der Waals surface area contributed by atoms with Crippen LogP contribution in [-0.2, 0) is 0 Å². The average Bonchev–Trinajstić information content (AvgIpc) is 2.49. The fraction of sp³-hybridized carbons (Fsp3) is 0.250. The molecule has 1 N–H and O–H groups in total. The van der Waals surface area contributed by atoms with Crippen molar-refractivity contribution in [3.63, 3.8) is 0 Å². The van der Waals surface area contributed by atoms with E-state index in [0.29, 0.717) is 16.5 Å². The molecule has 0 spiro atoms. The summed E-state index contributed by atoms with van der Waals surface area (Å²) in [6.45, 7) is 2.08. The van der Waals surface area contributed by atoms with Crippen LogP contribution in [0.1, 0.15) is 18.5 Å². The summed E-state index contributed by atoms with van der Waals surface area (Å²) < 4.78 is 11.6. The minimum atomic E-state index is 0.0937. The molecule has 0 fully saturated rings. The molecule has 0 bridgehead atoms. The largest absolute Gasteiger partial charge is 0.493 e. The highest BCUT2D eigenvalue weighted by Crippen LogP contribution is 2.38. The Morgan fingerprint density at radius 3 is 2.33 bits per heavy atom. The maximum absolute atomic E-state index is 6.30. The van der Waals surface area contributed by atoms with Gasteiger partial charge in [-0.2, -0.15) is 0 Å². The molecule has 21 heavy (non-hydrogen) atoms. The Balaban J connectivity index is 2.29. The topological polar surface area (TPSA) is 30.5 Å². The van der Waals surface area contributed by atoms with Crippen LogP contribution in [0.4, 0.5) is 5.69 Å². The summed E-state index contributed by atoms with van der Waals surface area (Å²) in [6, 6.07) is 11.8. The van der Waals surface area contributed by atoms with Gasteiger partial charge in [-0.1, -0.05) is 45.7 Å². The van der Waals surface area contributed by atoms with Crippen LogP contribution in [0.15, 0.2) is 40.9 Å². The van der Waals surface area contributed by atoms with Crippen molar-refractivity contribution in [3.05, 3.63) is 51.5 Å². The number of rotatable bonds is 5. The van der Waals surface area contributed by atoms with Crippen molar-refractivity contribution >= 4 is 33.2 Å². The molecule has 0 aliphatic heterocycles. The number of ether oxygens (including phenoxy) is 2. The Kier molecular flexibility index (Phi) is 5.37. The zero-order chi connectivity index (χ0) is 15.4. The second kappa shape index (κ2) is 7.05. The highest BCUT2D eigenvalue weighted by molar-refractivity contribution is 9.10. The van der Waals surface area contributed by atoms with Gasteiger partial charge in [-0.25, -0.2) is 0 Å². The van der Waals surface area contributed by atoms with E-state index in [1.165, 1.54) is 0 Å². The Morgan fingerprint density at radius 2 is 1.71 bits per heavy atom. The maximum Gasteiger partial charge on any atom is 0.162 e. The molecule has 0 aliphatic rings. The highest BCUT2D eigenvalue weighted by Gasteiger charge is 2.14. The van der Waals surface area contributed by atoms with Gasteiger partial charge in [-0.05, 0) is 18.6 Å². The molecule has 5 heteroatoms. The lowest BCUT2D eigenvalue weighted by Crippen LogP contribution is -2.08. The van der Waals surface area contributed by atoms with E-state index in [1.807, 2.05) is 24.3 Å². The minimum absolute atomic E-state index is 0.0937. The Labute approximate surface area is 138 Å². The highest BCUT2D eigenvalue weighted by atomic mass is 79.9. The van der Waals surface area contributed by atoms with Gasteiger partial charge in [0.1, 0.15) is 0 Å². The Hall–Kier alpha value is -1.39. The van der Waals surface area contributed by atoms with Gasteiger partial charge in [0, 0.05) is 22.6 Å². The van der Waals surface area contributed by atoms with E-state index in [9.17, 15) is 0 Å². The smallest absolute Gasteiger partial charge is 0.162 e. The second-order valence-electron chi connectivity index (χ2n) is 4.57. The molecule has 0 aromatic heterocycles. The van der Waals surface area contributed by atoms with Crippen LogP contribution in [0, 0.1) is 0 Å². The molecular weight excluding hydrogens is 354 g/mol. The molecule has 0 radical (unpaired) electrons. The molecule has 2 aromatic rings. The first-order valence-corrected chi connectivity index (χ1v) is 7.66. The molecule has 1 atom stereocenters. The summed E-state index contributed by atoms with van der Waals surface area (Å²) in [5, 5.41) is 3.99. The van der Waals surface area contributed by atoms with Crippen LogP contribution < -0.4 is 14.8 Å². The first-order chi connectivity index (χ1) is 10.1. The van der Waals surface area contributed by atoms with E-state index in [1.54, 1.807) is 20.3 Å². The van der Waals surface area contributed by atoms with E-state index in [-0.39, 0.29) is 6.04 Å². The van der Waals surface area contributed by atoms with Crippen molar-refractivity contribution in [3.8, 4) is 11.5 Å². The summed E-state index contributed by atoms with van der Waals surface area (Å²) in [4.78, 5) is 0.